The van der Waals surface area contributed by atoms with Crippen molar-refractivity contribution in [2.75, 3.05) is 19.0 Å². The Bertz CT molecular complexity index is 1190. The second-order valence-electron chi connectivity index (χ2n) is 6.85. The summed E-state index contributed by atoms with van der Waals surface area (Å²) in [4.78, 5) is 16.8. The van der Waals surface area contributed by atoms with E-state index in [0.717, 1.165) is 22.6 Å². The third-order valence-corrected chi connectivity index (χ3v) is 4.55. The molecule has 0 aliphatic carbocycles. The summed E-state index contributed by atoms with van der Waals surface area (Å²) in [6, 6.07) is 22.2. The first-order chi connectivity index (χ1) is 15.1. The van der Waals surface area contributed by atoms with E-state index >= 15 is 0 Å². The standard InChI is InChI=1S/C24H21N3O4/c1-16-6-5-7-18(14-16)25-22(28)15-30-21-9-4-3-8-20(21)24-26-23(27-31-24)17-10-12-19(29-2)13-11-17/h3-14H,15H2,1-2H3,(H,25,28). The molecule has 0 aliphatic heterocycles. The third kappa shape index (κ3) is 4.90. The fourth-order valence-corrected chi connectivity index (χ4v) is 3.02. The lowest BCUT2D eigenvalue weighted by molar-refractivity contribution is -0.118. The topological polar surface area (TPSA) is 86.5 Å². The van der Waals surface area contributed by atoms with E-state index < -0.39 is 0 Å². The predicted octanol–water partition coefficient (Wildman–Crippen LogP) is 4.74. The minimum absolute atomic E-state index is 0.148. The molecule has 7 heteroatoms. The highest BCUT2D eigenvalue weighted by Gasteiger charge is 2.16. The first kappa shape index (κ1) is 20.2. The second-order valence-corrected chi connectivity index (χ2v) is 6.85. The summed E-state index contributed by atoms with van der Waals surface area (Å²) >= 11 is 0. The summed E-state index contributed by atoms with van der Waals surface area (Å²) in [6.45, 7) is 1.82. The van der Waals surface area contributed by atoms with Crippen molar-refractivity contribution in [1.29, 1.82) is 0 Å². The van der Waals surface area contributed by atoms with Crippen LogP contribution in [-0.2, 0) is 4.79 Å². The van der Waals surface area contributed by atoms with Gasteiger partial charge >= 0.3 is 0 Å². The number of aryl methyl sites for hydroxylation is 1. The number of ether oxygens (including phenoxy) is 2. The van der Waals surface area contributed by atoms with Gasteiger partial charge in [0.25, 0.3) is 11.8 Å². The molecule has 4 aromatic rings. The zero-order chi connectivity index (χ0) is 21.6. The Kier molecular flexibility index (Phi) is 5.93. The molecule has 0 fully saturated rings. The van der Waals surface area contributed by atoms with E-state index in [1.807, 2.05) is 67.6 Å². The number of aromatic nitrogens is 2. The molecular weight excluding hydrogens is 394 g/mol. The number of carbonyl (C=O) groups excluding carboxylic acids is 1. The number of amides is 1. The molecule has 0 saturated heterocycles. The summed E-state index contributed by atoms with van der Waals surface area (Å²) in [5.74, 6) is 1.72. The molecule has 0 aliphatic rings. The number of anilines is 1. The van der Waals surface area contributed by atoms with Crippen LogP contribution in [0.2, 0.25) is 0 Å². The van der Waals surface area contributed by atoms with Crippen molar-refractivity contribution in [3.8, 4) is 34.3 Å². The number of hydrogen-bond donors (Lipinski definition) is 1. The Hall–Kier alpha value is -4.13. The van der Waals surface area contributed by atoms with Crippen LogP contribution in [0.4, 0.5) is 5.69 Å². The quantitative estimate of drug-likeness (QED) is 0.469. The SMILES string of the molecule is COc1ccc(-c2noc(-c3ccccc3OCC(=O)Nc3cccc(C)c3)n2)cc1. The van der Waals surface area contributed by atoms with E-state index in [2.05, 4.69) is 15.5 Å². The lowest BCUT2D eigenvalue weighted by Crippen LogP contribution is -2.20. The van der Waals surface area contributed by atoms with Crippen molar-refractivity contribution in [3.63, 3.8) is 0 Å². The van der Waals surface area contributed by atoms with Gasteiger partial charge in [0.2, 0.25) is 5.82 Å². The van der Waals surface area contributed by atoms with Crippen molar-refractivity contribution in [3.05, 3.63) is 78.4 Å². The van der Waals surface area contributed by atoms with Gasteiger partial charge in [-0.05, 0) is 61.0 Å². The molecule has 0 atom stereocenters. The van der Waals surface area contributed by atoms with Crippen LogP contribution < -0.4 is 14.8 Å². The highest BCUT2D eigenvalue weighted by molar-refractivity contribution is 5.92. The minimum atomic E-state index is -0.259. The molecule has 3 aromatic carbocycles. The number of hydrogen-bond acceptors (Lipinski definition) is 6. The minimum Gasteiger partial charge on any atom is -0.497 e. The van der Waals surface area contributed by atoms with Gasteiger partial charge in [-0.2, -0.15) is 4.98 Å². The Morgan fingerprint density at radius 2 is 1.84 bits per heavy atom. The van der Waals surface area contributed by atoms with Gasteiger partial charge in [0.05, 0.1) is 12.7 Å². The maximum atomic E-state index is 12.3. The molecule has 0 spiro atoms. The van der Waals surface area contributed by atoms with Crippen LogP contribution in [0.1, 0.15) is 5.56 Å². The van der Waals surface area contributed by atoms with E-state index in [4.69, 9.17) is 14.0 Å². The zero-order valence-corrected chi connectivity index (χ0v) is 17.2. The molecule has 7 nitrogen and oxygen atoms in total. The molecule has 0 saturated carbocycles. The summed E-state index contributed by atoms with van der Waals surface area (Å²) in [6.07, 6.45) is 0. The van der Waals surface area contributed by atoms with Crippen molar-refractivity contribution in [2.24, 2.45) is 0 Å². The van der Waals surface area contributed by atoms with Crippen LogP contribution in [0.5, 0.6) is 11.5 Å². The van der Waals surface area contributed by atoms with Crippen LogP contribution in [0.25, 0.3) is 22.8 Å². The average Bonchev–Trinajstić information content (AvgIpc) is 3.28. The van der Waals surface area contributed by atoms with Gasteiger partial charge in [0.15, 0.2) is 6.61 Å². The first-order valence-corrected chi connectivity index (χ1v) is 9.69. The van der Waals surface area contributed by atoms with Gasteiger partial charge in [-0.25, -0.2) is 0 Å². The largest absolute Gasteiger partial charge is 0.497 e. The van der Waals surface area contributed by atoms with Crippen LogP contribution in [0.15, 0.2) is 77.3 Å². The van der Waals surface area contributed by atoms with Crippen molar-refractivity contribution >= 4 is 11.6 Å². The highest BCUT2D eigenvalue weighted by Crippen LogP contribution is 2.30. The Labute approximate surface area is 179 Å². The molecule has 0 radical (unpaired) electrons. The van der Waals surface area contributed by atoms with Crippen LogP contribution in [0, 0.1) is 6.92 Å². The van der Waals surface area contributed by atoms with E-state index in [1.54, 1.807) is 19.2 Å². The fourth-order valence-electron chi connectivity index (χ4n) is 3.02. The zero-order valence-electron chi connectivity index (χ0n) is 17.2. The van der Waals surface area contributed by atoms with Crippen LogP contribution >= 0.6 is 0 Å². The lowest BCUT2D eigenvalue weighted by atomic mass is 10.2. The highest BCUT2D eigenvalue weighted by atomic mass is 16.5. The Morgan fingerprint density at radius 1 is 1.03 bits per heavy atom. The Balaban J connectivity index is 1.47. The number of rotatable bonds is 7. The lowest BCUT2D eigenvalue weighted by Gasteiger charge is -2.10. The van der Waals surface area contributed by atoms with E-state index in [0.29, 0.717) is 23.0 Å². The predicted molar refractivity (Wildman–Crippen MR) is 117 cm³/mol. The average molecular weight is 415 g/mol. The maximum absolute atomic E-state index is 12.3. The smallest absolute Gasteiger partial charge is 0.262 e. The molecule has 1 amide bonds. The molecular formula is C24H21N3O4. The molecule has 1 heterocycles. The number of benzene rings is 3. The van der Waals surface area contributed by atoms with Crippen LogP contribution in [0.3, 0.4) is 0 Å². The number of methoxy groups -OCH3 is 1. The summed E-state index contributed by atoms with van der Waals surface area (Å²) in [7, 11) is 1.61. The number of carbonyl (C=O) groups is 1. The van der Waals surface area contributed by atoms with Gasteiger partial charge in [0, 0.05) is 11.3 Å². The third-order valence-electron chi connectivity index (χ3n) is 4.55. The molecule has 156 valence electrons. The number of nitrogens with zero attached hydrogens (tertiary/aromatic N) is 2. The van der Waals surface area contributed by atoms with Gasteiger partial charge in [-0.1, -0.05) is 29.4 Å². The van der Waals surface area contributed by atoms with Crippen molar-refractivity contribution < 1.29 is 18.8 Å². The van der Waals surface area contributed by atoms with Gasteiger partial charge in [-0.15, -0.1) is 0 Å². The number of nitrogens with one attached hydrogen (secondary N) is 1. The molecule has 4 rings (SSSR count). The van der Waals surface area contributed by atoms with Gasteiger partial charge in [-0.3, -0.25) is 4.79 Å². The van der Waals surface area contributed by atoms with Crippen molar-refractivity contribution in [2.45, 2.75) is 6.92 Å². The normalized spacial score (nSPS) is 10.5. The molecule has 31 heavy (non-hydrogen) atoms. The summed E-state index contributed by atoms with van der Waals surface area (Å²) in [5.41, 5.74) is 3.20. The van der Waals surface area contributed by atoms with Gasteiger partial charge < -0.3 is 19.3 Å². The molecule has 1 aromatic heterocycles. The summed E-state index contributed by atoms with van der Waals surface area (Å²) in [5, 5.41) is 6.88. The van der Waals surface area contributed by atoms with E-state index in [-0.39, 0.29) is 12.5 Å². The summed E-state index contributed by atoms with van der Waals surface area (Å²) < 4.78 is 16.4. The molecule has 0 unspecified atom stereocenters. The van der Waals surface area contributed by atoms with Crippen LogP contribution in [-0.4, -0.2) is 29.8 Å². The monoisotopic (exact) mass is 415 g/mol. The molecule has 1 N–H and O–H groups in total. The maximum Gasteiger partial charge on any atom is 0.262 e. The second kappa shape index (κ2) is 9.13. The first-order valence-electron chi connectivity index (χ1n) is 9.69. The van der Waals surface area contributed by atoms with Crippen molar-refractivity contribution in [1.82, 2.24) is 10.1 Å². The Morgan fingerprint density at radius 3 is 2.61 bits per heavy atom. The van der Waals surface area contributed by atoms with E-state index in [9.17, 15) is 4.79 Å². The molecule has 0 bridgehead atoms. The number of para-hydroxylation sites is 1. The fraction of sp³-hybridized carbons (Fsp3) is 0.125. The van der Waals surface area contributed by atoms with E-state index in [1.165, 1.54) is 0 Å². The van der Waals surface area contributed by atoms with Gasteiger partial charge in [0.1, 0.15) is 11.5 Å².